The molecule has 3 saturated heterocycles. The van der Waals surface area contributed by atoms with Crippen molar-refractivity contribution in [1.29, 1.82) is 0 Å². The van der Waals surface area contributed by atoms with E-state index in [2.05, 4.69) is 36.1 Å². The highest BCUT2D eigenvalue weighted by Crippen LogP contribution is 2.47. The lowest BCUT2D eigenvalue weighted by Crippen LogP contribution is -2.43. The van der Waals surface area contributed by atoms with Crippen LogP contribution in [0.4, 0.5) is 13.2 Å². The highest BCUT2D eigenvalue weighted by Gasteiger charge is 2.48. The normalized spacial score (nSPS) is 19.6. The maximum Gasteiger partial charge on any atom is 0.338 e. The van der Waals surface area contributed by atoms with Crippen molar-refractivity contribution < 1.29 is 86.2 Å². The van der Waals surface area contributed by atoms with Crippen molar-refractivity contribution in [2.45, 2.75) is 55.5 Å². The van der Waals surface area contributed by atoms with Crippen LogP contribution in [0.15, 0.2) is 187 Å². The molecule has 0 spiro atoms. The van der Waals surface area contributed by atoms with Gasteiger partial charge in [0.15, 0.2) is 32.5 Å². The minimum absolute atomic E-state index is 0.0150. The average Bonchev–Trinajstić information content (AvgIpc) is 1.57. The second-order valence-electron chi connectivity index (χ2n) is 27.2. The van der Waals surface area contributed by atoms with Crippen molar-refractivity contribution >= 4 is 168 Å². The van der Waals surface area contributed by atoms with E-state index in [0.717, 1.165) is 27.6 Å². The smallest absolute Gasteiger partial charge is 0.338 e. The molecule has 8 aliphatic heterocycles. The number of halogens is 7. The minimum Gasteiger partial charge on any atom is -0.466 e. The first-order valence-electron chi connectivity index (χ1n) is 36.4. The van der Waals surface area contributed by atoms with E-state index in [1.165, 1.54) is 116 Å². The van der Waals surface area contributed by atoms with Crippen molar-refractivity contribution in [3.8, 4) is 0 Å². The van der Waals surface area contributed by atoms with E-state index in [9.17, 15) is 72.0 Å². The Kier molecular flexibility index (Phi) is 28.9. The summed E-state index contributed by atoms with van der Waals surface area (Å²) >= 11 is 23.1. The molecule has 122 heavy (non-hydrogen) atoms. The van der Waals surface area contributed by atoms with Gasteiger partial charge in [0.1, 0.15) is 35.6 Å². The summed E-state index contributed by atoms with van der Waals surface area (Å²) < 4.78 is 134. The average molecular weight is 1870 g/mol. The number of hydrazine groups is 1. The summed E-state index contributed by atoms with van der Waals surface area (Å²) in [5.41, 5.74) is 16.5. The summed E-state index contributed by atoms with van der Waals surface area (Å²) in [4.78, 5) is 122. The van der Waals surface area contributed by atoms with Gasteiger partial charge in [0.25, 0.3) is 23.6 Å². The number of imide groups is 2. The standard InChI is InChI=1S/C28H23ClFN5O6S2.C20H21ClFN5O4S2.C18H16ClFN4O2S.C10H8ClNO4S.H4N2/c1-41-28(38)22-21-13-16(33-43(39,40)11-9-34-26(36)17-4-2-3-5-18(17)27(34)37)14-35(21)24(25-31-8-10-42-25)32-23(22)19-7-6-15(30)12-20(19)29;1-31-20(28)16-15-9-12(26-33(29,30)7-4-23)10-27(15)18(19-24-5-6-32-19)25-17(16)13-3-2-11(22)8-14(13)21;1-26-18(25)14-13-7-10(21)8-24(13)16(17-22-4-5-27-17)23-15(14)11-3-2-9(20)6-12(11)19;11-17(15,16)6-5-12-9(13)7-3-1-2-4-8(7)10(12)14;1-2/h2-8,10,12,16,23,33H,9,11,13-14H2,1H3;2-3,5-6,8,12,17,26H,4,7,9-10,23H2,1H3;2-6,10,15H,7-8,21H2,1H3;1-4H,5-6H2;1-2H2/t16-,23-;12-,17-;10-,15-;;/m000../s1. The van der Waals surface area contributed by atoms with Gasteiger partial charge < -0.3 is 40.4 Å². The number of amides is 4. The molecule has 0 radical (unpaired) electrons. The lowest BCUT2D eigenvalue weighted by Gasteiger charge is -2.31. The first-order chi connectivity index (χ1) is 58.2. The molecule has 8 aromatic rings. The summed E-state index contributed by atoms with van der Waals surface area (Å²) in [6, 6.07) is 20.4. The third kappa shape index (κ3) is 19.9. The molecular weight excluding hydrogens is 1800 g/mol. The van der Waals surface area contributed by atoms with Crippen molar-refractivity contribution in [3.63, 3.8) is 0 Å². The number of carbonyl (C=O) groups excluding carboxylic acids is 7. The van der Waals surface area contributed by atoms with Crippen molar-refractivity contribution in [1.82, 2.24) is 48.9 Å². The molecule has 11 heterocycles. The number of nitrogens with two attached hydrogens (primary N) is 4. The lowest BCUT2D eigenvalue weighted by atomic mass is 9.94. The van der Waals surface area contributed by atoms with Crippen LogP contribution in [0.3, 0.4) is 0 Å². The molecule has 16 rings (SSSR count). The van der Waals surface area contributed by atoms with Gasteiger partial charge in [-0.25, -0.2) is 77.2 Å². The van der Waals surface area contributed by atoms with E-state index < -0.39 is 130 Å². The number of ether oxygens (including phenoxy) is 3. The number of carbonyl (C=O) groups is 7. The molecular formula is C76H72Cl4F3N17O16S6. The maximum absolute atomic E-state index is 13.9. The zero-order valence-electron chi connectivity index (χ0n) is 64.1. The van der Waals surface area contributed by atoms with Crippen LogP contribution >= 0.6 is 79.5 Å². The maximum atomic E-state index is 13.9. The number of hydrogen-bond donors (Lipinski definition) is 6. The van der Waals surface area contributed by atoms with E-state index in [1.54, 1.807) is 69.5 Å². The number of benzene rings is 5. The van der Waals surface area contributed by atoms with Gasteiger partial charge in [-0.1, -0.05) is 77.3 Å². The number of nitrogens with zero attached hydrogens (tertiary/aromatic N) is 11. The van der Waals surface area contributed by atoms with Crippen LogP contribution in [0, 0.1) is 17.5 Å². The Hall–Kier alpha value is -10.1. The molecule has 0 bridgehead atoms. The molecule has 4 amide bonds. The largest absolute Gasteiger partial charge is 0.466 e. The van der Waals surface area contributed by atoms with Gasteiger partial charge in [-0.3, -0.25) is 55.6 Å². The van der Waals surface area contributed by atoms with E-state index in [4.69, 9.17) is 86.1 Å². The Balaban J connectivity index is 0.000000154. The van der Waals surface area contributed by atoms with Gasteiger partial charge in [-0.05, 0) is 60.7 Å². The molecule has 5 aromatic carbocycles. The third-order valence-electron chi connectivity index (χ3n) is 19.6. The number of sulfonamides is 2. The summed E-state index contributed by atoms with van der Waals surface area (Å²) in [6.45, 7) is 0.312. The van der Waals surface area contributed by atoms with Crippen LogP contribution in [0.5, 0.6) is 0 Å². The Bertz CT molecular complexity index is 5940. The molecule has 0 unspecified atom stereocenters. The molecule has 8 aliphatic rings. The first kappa shape index (κ1) is 91.1. The first-order valence-corrected chi connectivity index (χ1v) is 45.9. The van der Waals surface area contributed by atoms with Crippen LogP contribution in [-0.2, 0) is 57.7 Å². The van der Waals surface area contributed by atoms with Crippen molar-refractivity contribution in [2.75, 3.05) is 77.9 Å². The summed E-state index contributed by atoms with van der Waals surface area (Å²) in [5, 5.41) is 7.59. The number of aromatic nitrogens is 3. The molecule has 6 atom stereocenters. The fraction of sp³-hybridized carbons (Fsp3) is 0.276. The summed E-state index contributed by atoms with van der Waals surface area (Å²) in [6.07, 6.45) is 5.72. The number of amidine groups is 3. The fourth-order valence-electron chi connectivity index (χ4n) is 14.5. The fourth-order valence-corrected chi connectivity index (χ4v) is 20.2. The van der Waals surface area contributed by atoms with Crippen LogP contribution in [0.2, 0.25) is 15.1 Å². The number of thiazole rings is 3. The predicted molar refractivity (Wildman–Crippen MR) is 450 cm³/mol. The Morgan fingerprint density at radius 1 is 0.484 bits per heavy atom. The Labute approximate surface area is 727 Å². The van der Waals surface area contributed by atoms with Gasteiger partial charge in [-0.2, -0.15) is 0 Å². The SMILES string of the molecule is COC(=O)C1=C2C[C@H](N)CN2C(c2nccs2)=N[C@H]1c1ccc(F)cc1Cl.COC(=O)C1=C2C[C@H](NS(=O)(=O)CCN)CN2C(c2nccs2)=N[C@H]1c1ccc(F)cc1Cl.COC(=O)C1=C2C[C@H](NS(=O)(=O)CCN3C(=O)c4ccccc4C3=O)CN2C(c2nccs2)=N[C@H]1c1ccc(F)cc1Cl.NN.O=C1c2ccccc2C(=O)N1CCS(=O)(=O)Cl. The number of aliphatic imine (C=N–C) groups is 3. The Morgan fingerprint density at radius 2 is 0.795 bits per heavy atom. The molecule has 3 aromatic heterocycles. The van der Waals surface area contributed by atoms with Gasteiger partial charge in [0, 0.05) is 171 Å². The molecule has 46 heteroatoms. The van der Waals surface area contributed by atoms with Crippen molar-refractivity contribution in [2.24, 2.45) is 38.1 Å². The van der Waals surface area contributed by atoms with E-state index in [0.29, 0.717) is 90.3 Å². The van der Waals surface area contributed by atoms with E-state index in [-0.39, 0.29) is 94.7 Å². The van der Waals surface area contributed by atoms with Crippen LogP contribution in [0.1, 0.15) is 111 Å². The molecule has 0 saturated carbocycles. The quantitative estimate of drug-likeness (QED) is 0.0101. The number of fused-ring (bicyclic) bond motifs is 5. The second kappa shape index (κ2) is 38.7. The summed E-state index contributed by atoms with van der Waals surface area (Å²) in [5.74, 6) is 2.91. The number of nitrogens with one attached hydrogen (secondary N) is 2. The van der Waals surface area contributed by atoms with Gasteiger partial charge >= 0.3 is 17.9 Å². The Morgan fingerprint density at radius 3 is 1.09 bits per heavy atom. The molecule has 33 nitrogen and oxygen atoms in total. The molecule has 3 fully saturated rings. The highest BCUT2D eigenvalue weighted by atomic mass is 35.7. The number of esters is 3. The third-order valence-corrected chi connectivity index (χ3v) is 26.9. The van der Waals surface area contributed by atoms with Crippen LogP contribution in [0.25, 0.3) is 0 Å². The van der Waals surface area contributed by atoms with Crippen molar-refractivity contribution in [3.05, 3.63) is 258 Å². The van der Waals surface area contributed by atoms with Gasteiger partial charge in [0.2, 0.25) is 29.1 Å². The highest BCUT2D eigenvalue weighted by molar-refractivity contribution is 8.13. The number of hydrogen-bond acceptors (Lipinski definition) is 32. The lowest BCUT2D eigenvalue weighted by molar-refractivity contribution is -0.137. The molecule has 642 valence electrons. The zero-order valence-corrected chi connectivity index (χ0v) is 72.0. The zero-order chi connectivity index (χ0) is 88.0. The molecule has 0 aliphatic carbocycles. The van der Waals surface area contributed by atoms with Gasteiger partial charge in [0.05, 0.1) is 77.6 Å². The van der Waals surface area contributed by atoms with E-state index in [1.807, 2.05) is 10.3 Å². The topological polar surface area (TPSA) is 470 Å². The predicted octanol–water partition coefficient (Wildman–Crippen LogP) is 7.54. The van der Waals surface area contributed by atoms with Gasteiger partial charge in [-0.15, -0.1) is 34.0 Å². The number of methoxy groups -OCH3 is 3. The van der Waals surface area contributed by atoms with Crippen LogP contribution < -0.4 is 32.6 Å². The summed E-state index contributed by atoms with van der Waals surface area (Å²) in [7, 11) is -2.49. The van der Waals surface area contributed by atoms with E-state index >= 15 is 0 Å². The van der Waals surface area contributed by atoms with Crippen LogP contribution in [-0.4, -0.2) is 220 Å². The minimum atomic E-state index is -4.00. The second-order valence-corrected chi connectivity index (χ2v) is 37.8. The monoisotopic (exact) mass is 1870 g/mol. The number of rotatable bonds is 21. The molecule has 10 N–H and O–H groups in total.